The molecule has 0 saturated heterocycles. The van der Waals surface area contributed by atoms with Gasteiger partial charge in [0, 0.05) is 19.4 Å². The molecule has 0 saturated carbocycles. The first kappa shape index (κ1) is 38.6. The number of aromatic hydroxyl groups is 1. The third kappa shape index (κ3) is 13.0. The number of nitrogens with two attached hydrogens (primary N) is 1. The van der Waals surface area contributed by atoms with E-state index in [1.54, 1.807) is 54.5 Å². The van der Waals surface area contributed by atoms with Gasteiger partial charge in [0.2, 0.25) is 17.7 Å². The van der Waals surface area contributed by atoms with Crippen LogP contribution in [0.5, 0.6) is 5.75 Å². The number of carbonyl (C=O) groups excluding carboxylic acids is 5. The van der Waals surface area contributed by atoms with E-state index in [4.69, 9.17) is 15.2 Å². The topological polar surface area (TPSA) is 177 Å². The molecule has 0 bridgehead atoms. The van der Waals surface area contributed by atoms with E-state index >= 15 is 0 Å². The number of aryl methyl sites for hydroxylation is 1. The van der Waals surface area contributed by atoms with Crippen LogP contribution in [0.3, 0.4) is 0 Å². The smallest absolute Gasteiger partial charge is 0.408 e. The summed E-state index contributed by atoms with van der Waals surface area (Å²) in [6.07, 6.45) is -0.719. The summed E-state index contributed by atoms with van der Waals surface area (Å²) in [6.45, 7) is 13.7. The zero-order chi connectivity index (χ0) is 35.5. The first-order valence-corrected chi connectivity index (χ1v) is 15.8. The van der Waals surface area contributed by atoms with E-state index in [1.807, 2.05) is 37.3 Å². The van der Waals surface area contributed by atoms with Crippen LogP contribution in [0.15, 0.2) is 48.5 Å². The van der Waals surface area contributed by atoms with Gasteiger partial charge in [-0.1, -0.05) is 43.3 Å². The summed E-state index contributed by atoms with van der Waals surface area (Å²) >= 11 is 0. The highest BCUT2D eigenvalue weighted by molar-refractivity contribution is 5.94. The SMILES string of the molecule is CCCN(C(=O)C(CCC(N)=O)NC(=O)OC(C)(C)C)C(C(=O)NC(Cc1ccccc1)C(=O)OC(C)(C)C)c1ccc(O)c(C)c1. The third-order valence-corrected chi connectivity index (χ3v) is 6.80. The Morgan fingerprint density at radius 1 is 0.894 bits per heavy atom. The number of phenols is 1. The maximum atomic E-state index is 14.4. The standard InChI is InChI=1S/C35H50N4O8/c1-9-19-39(31(43)25(16-18-28(36)41)38-33(45)47-35(6,7)8)29(24-15-17-27(40)22(2)20-24)30(42)37-26(32(44)46-34(3,4)5)21-23-13-11-10-12-14-23/h10-15,17,20,25-26,29,40H,9,16,18-19,21H2,1-8H3,(H2,36,41)(H,37,42)(H,38,45). The van der Waals surface area contributed by atoms with Gasteiger partial charge >= 0.3 is 12.1 Å². The van der Waals surface area contributed by atoms with Gasteiger partial charge in [-0.2, -0.15) is 0 Å². The molecule has 2 aromatic rings. The van der Waals surface area contributed by atoms with E-state index in [0.717, 1.165) is 5.56 Å². The number of phenolic OH excluding ortho intramolecular Hbond substituents is 1. The summed E-state index contributed by atoms with van der Waals surface area (Å²) in [5.41, 5.74) is 5.26. The van der Waals surface area contributed by atoms with Crippen LogP contribution < -0.4 is 16.4 Å². The number of hydrogen-bond acceptors (Lipinski definition) is 8. The van der Waals surface area contributed by atoms with E-state index in [2.05, 4.69) is 10.6 Å². The predicted octanol–water partition coefficient (Wildman–Crippen LogP) is 4.21. The number of nitrogens with one attached hydrogen (secondary N) is 2. The number of hydrogen-bond donors (Lipinski definition) is 4. The number of amides is 4. The second-order valence-corrected chi connectivity index (χ2v) is 13.5. The Bertz CT molecular complexity index is 1400. The molecule has 0 aliphatic heterocycles. The molecule has 0 fully saturated rings. The minimum Gasteiger partial charge on any atom is -0.508 e. The summed E-state index contributed by atoms with van der Waals surface area (Å²) < 4.78 is 11.0. The highest BCUT2D eigenvalue weighted by Gasteiger charge is 2.38. The van der Waals surface area contributed by atoms with Crippen LogP contribution in [0, 0.1) is 6.92 Å². The summed E-state index contributed by atoms with van der Waals surface area (Å²) in [4.78, 5) is 67.9. The van der Waals surface area contributed by atoms with Gasteiger partial charge in [-0.25, -0.2) is 9.59 Å². The molecule has 12 nitrogen and oxygen atoms in total. The van der Waals surface area contributed by atoms with Crippen molar-refractivity contribution in [3.05, 3.63) is 65.2 Å². The van der Waals surface area contributed by atoms with Gasteiger partial charge in [-0.05, 0) is 90.1 Å². The highest BCUT2D eigenvalue weighted by atomic mass is 16.6. The predicted molar refractivity (Wildman–Crippen MR) is 177 cm³/mol. The second-order valence-electron chi connectivity index (χ2n) is 13.5. The largest absolute Gasteiger partial charge is 0.508 e. The van der Waals surface area contributed by atoms with Gasteiger partial charge in [-0.15, -0.1) is 0 Å². The molecule has 0 spiro atoms. The van der Waals surface area contributed by atoms with Crippen molar-refractivity contribution < 1.29 is 38.6 Å². The van der Waals surface area contributed by atoms with Crippen molar-refractivity contribution in [2.75, 3.05) is 6.54 Å². The van der Waals surface area contributed by atoms with E-state index in [9.17, 15) is 29.1 Å². The number of carbonyl (C=O) groups is 5. The Balaban J connectivity index is 2.62. The summed E-state index contributed by atoms with van der Waals surface area (Å²) in [5, 5.41) is 15.6. The molecule has 0 heterocycles. The fourth-order valence-electron chi connectivity index (χ4n) is 4.79. The van der Waals surface area contributed by atoms with Crippen molar-refractivity contribution in [1.29, 1.82) is 0 Å². The zero-order valence-corrected chi connectivity index (χ0v) is 28.7. The Morgan fingerprint density at radius 2 is 1.51 bits per heavy atom. The quantitative estimate of drug-likeness (QED) is 0.219. The molecule has 3 atom stereocenters. The number of benzene rings is 2. The summed E-state index contributed by atoms with van der Waals surface area (Å²) in [7, 11) is 0. The lowest BCUT2D eigenvalue weighted by molar-refractivity contribution is -0.159. The van der Waals surface area contributed by atoms with Crippen molar-refractivity contribution in [3.63, 3.8) is 0 Å². The zero-order valence-electron chi connectivity index (χ0n) is 28.7. The fourth-order valence-corrected chi connectivity index (χ4v) is 4.79. The normalized spacial score (nSPS) is 13.4. The molecule has 3 unspecified atom stereocenters. The van der Waals surface area contributed by atoms with Crippen molar-refractivity contribution in [1.82, 2.24) is 15.5 Å². The molecule has 0 radical (unpaired) electrons. The van der Waals surface area contributed by atoms with Crippen molar-refractivity contribution in [3.8, 4) is 5.75 Å². The van der Waals surface area contributed by atoms with Gasteiger partial charge in [0.05, 0.1) is 0 Å². The molecule has 258 valence electrons. The second kappa shape index (κ2) is 16.8. The molecule has 0 aromatic heterocycles. The maximum absolute atomic E-state index is 14.4. The molecule has 2 aromatic carbocycles. The Hall–Kier alpha value is -4.61. The number of nitrogens with zero attached hydrogens (tertiary/aromatic N) is 1. The maximum Gasteiger partial charge on any atom is 0.408 e. The molecule has 12 heteroatoms. The van der Waals surface area contributed by atoms with Gasteiger partial charge in [0.1, 0.15) is 35.1 Å². The van der Waals surface area contributed by atoms with Crippen molar-refractivity contribution in [2.24, 2.45) is 5.73 Å². The van der Waals surface area contributed by atoms with Crippen LogP contribution in [0.25, 0.3) is 0 Å². The minimum atomic E-state index is -1.31. The molecule has 4 amide bonds. The lowest BCUT2D eigenvalue weighted by atomic mass is 9.98. The van der Waals surface area contributed by atoms with Crippen LogP contribution in [0.2, 0.25) is 0 Å². The number of rotatable bonds is 14. The average Bonchev–Trinajstić information content (AvgIpc) is 2.94. The number of ether oxygens (including phenoxy) is 2. The van der Waals surface area contributed by atoms with Gasteiger partial charge in [0.15, 0.2) is 0 Å². The molecular weight excluding hydrogens is 604 g/mol. The molecular formula is C35H50N4O8. The molecule has 0 aliphatic rings. The van der Waals surface area contributed by atoms with Gasteiger partial charge in [-0.3, -0.25) is 14.4 Å². The summed E-state index contributed by atoms with van der Waals surface area (Å²) in [6, 6.07) is 9.92. The highest BCUT2D eigenvalue weighted by Crippen LogP contribution is 2.28. The first-order chi connectivity index (χ1) is 21.8. The Morgan fingerprint density at radius 3 is 2.04 bits per heavy atom. The summed E-state index contributed by atoms with van der Waals surface area (Å²) in [5.74, 6) is -2.70. The number of primary amides is 1. The molecule has 2 rings (SSSR count). The van der Waals surface area contributed by atoms with Crippen LogP contribution >= 0.6 is 0 Å². The van der Waals surface area contributed by atoms with E-state index in [-0.39, 0.29) is 31.6 Å². The molecule has 47 heavy (non-hydrogen) atoms. The monoisotopic (exact) mass is 654 g/mol. The molecule has 5 N–H and O–H groups in total. The number of esters is 1. The van der Waals surface area contributed by atoms with Crippen molar-refractivity contribution >= 4 is 29.8 Å². The van der Waals surface area contributed by atoms with Crippen molar-refractivity contribution in [2.45, 2.75) is 110 Å². The fraction of sp³-hybridized carbons (Fsp3) is 0.514. The lowest BCUT2D eigenvalue weighted by Crippen LogP contribution is -2.55. The lowest BCUT2D eigenvalue weighted by Gasteiger charge is -2.35. The van der Waals surface area contributed by atoms with Crippen LogP contribution in [0.4, 0.5) is 4.79 Å². The Kier molecular flexibility index (Phi) is 13.8. The van der Waals surface area contributed by atoms with E-state index in [1.165, 1.54) is 17.0 Å². The van der Waals surface area contributed by atoms with Crippen LogP contribution in [-0.4, -0.2) is 69.6 Å². The van der Waals surface area contributed by atoms with Crippen LogP contribution in [-0.2, 0) is 35.1 Å². The molecule has 0 aliphatic carbocycles. The van der Waals surface area contributed by atoms with Crippen LogP contribution in [0.1, 0.15) is 90.5 Å². The minimum absolute atomic E-state index is 0.0112. The van der Waals surface area contributed by atoms with E-state index < -0.39 is 59.1 Å². The first-order valence-electron chi connectivity index (χ1n) is 15.8. The Labute approximate surface area is 277 Å². The average molecular weight is 655 g/mol. The van der Waals surface area contributed by atoms with Gasteiger partial charge in [0.25, 0.3) is 0 Å². The third-order valence-electron chi connectivity index (χ3n) is 6.80. The number of alkyl carbamates (subject to hydrolysis) is 1. The van der Waals surface area contributed by atoms with Gasteiger partial charge < -0.3 is 35.8 Å². The van der Waals surface area contributed by atoms with E-state index in [0.29, 0.717) is 17.5 Å².